The second-order valence-electron chi connectivity index (χ2n) is 4.76. The van der Waals surface area contributed by atoms with Gasteiger partial charge in [-0.25, -0.2) is 8.42 Å². The van der Waals surface area contributed by atoms with Crippen molar-refractivity contribution in [3.8, 4) is 0 Å². The van der Waals surface area contributed by atoms with Gasteiger partial charge in [-0.3, -0.25) is 4.79 Å². The summed E-state index contributed by atoms with van der Waals surface area (Å²) in [5.74, 6) is -0.738. The predicted octanol–water partition coefficient (Wildman–Crippen LogP) is -0.357. The first-order valence-electron chi connectivity index (χ1n) is 5.90. The first-order valence-corrected chi connectivity index (χ1v) is 8.03. The van der Waals surface area contributed by atoms with Gasteiger partial charge in [0, 0.05) is 6.42 Å². The lowest BCUT2D eigenvalue weighted by atomic mass is 10.0. The highest BCUT2D eigenvalue weighted by Crippen LogP contribution is 2.28. The Morgan fingerprint density at radius 3 is 2.78 bits per heavy atom. The van der Waals surface area contributed by atoms with Crippen molar-refractivity contribution in [2.24, 2.45) is 0 Å². The molecule has 0 bridgehead atoms. The molecule has 102 valence electrons. The van der Waals surface area contributed by atoms with Crippen LogP contribution >= 0.6 is 12.2 Å². The molecule has 2 saturated heterocycles. The van der Waals surface area contributed by atoms with E-state index < -0.39 is 21.1 Å². The summed E-state index contributed by atoms with van der Waals surface area (Å²) in [6, 6.07) is -0.292. The van der Waals surface area contributed by atoms with E-state index in [1.54, 1.807) is 0 Å². The first-order chi connectivity index (χ1) is 8.40. The van der Waals surface area contributed by atoms with Gasteiger partial charge in [0.2, 0.25) is 0 Å². The zero-order valence-corrected chi connectivity index (χ0v) is 11.4. The van der Waals surface area contributed by atoms with Crippen LogP contribution in [0, 0.1) is 0 Å². The van der Waals surface area contributed by atoms with E-state index in [0.717, 1.165) is 0 Å². The van der Waals surface area contributed by atoms with Gasteiger partial charge in [0.1, 0.15) is 0 Å². The summed E-state index contributed by atoms with van der Waals surface area (Å²) in [6.07, 6.45) is 1.70. The van der Waals surface area contributed by atoms with Crippen molar-refractivity contribution >= 4 is 33.1 Å². The molecule has 0 aliphatic carbocycles. The number of fused-ring (bicyclic) bond motifs is 1. The molecule has 0 aromatic rings. The van der Waals surface area contributed by atoms with Crippen LogP contribution < -0.4 is 10.6 Å². The number of aliphatic carboxylic acids is 1. The summed E-state index contributed by atoms with van der Waals surface area (Å²) in [5.41, 5.74) is 0. The van der Waals surface area contributed by atoms with Crippen molar-refractivity contribution in [1.82, 2.24) is 10.6 Å². The second-order valence-corrected chi connectivity index (χ2v) is 7.43. The molecule has 18 heavy (non-hydrogen) atoms. The van der Waals surface area contributed by atoms with E-state index >= 15 is 0 Å². The van der Waals surface area contributed by atoms with E-state index in [0.29, 0.717) is 24.4 Å². The van der Waals surface area contributed by atoms with Gasteiger partial charge in [0.15, 0.2) is 14.9 Å². The minimum absolute atomic E-state index is 0.0882. The fourth-order valence-electron chi connectivity index (χ4n) is 2.63. The van der Waals surface area contributed by atoms with Crippen LogP contribution in [0.25, 0.3) is 0 Å². The monoisotopic (exact) mass is 292 g/mol. The highest BCUT2D eigenvalue weighted by Gasteiger charge is 2.50. The third-order valence-electron chi connectivity index (χ3n) is 3.45. The molecule has 0 spiro atoms. The maximum Gasteiger partial charge on any atom is 0.303 e. The van der Waals surface area contributed by atoms with Crippen molar-refractivity contribution in [2.75, 3.05) is 5.75 Å². The Balaban J connectivity index is 1.93. The van der Waals surface area contributed by atoms with E-state index in [1.807, 2.05) is 0 Å². The molecule has 3 atom stereocenters. The van der Waals surface area contributed by atoms with E-state index in [2.05, 4.69) is 10.6 Å². The number of nitrogens with one attached hydrogen (secondary N) is 2. The van der Waals surface area contributed by atoms with Crippen LogP contribution in [0.3, 0.4) is 0 Å². The molecule has 6 nitrogen and oxygen atoms in total. The van der Waals surface area contributed by atoms with Gasteiger partial charge in [0.25, 0.3) is 0 Å². The smallest absolute Gasteiger partial charge is 0.303 e. The highest BCUT2D eigenvalue weighted by molar-refractivity contribution is 7.92. The average Bonchev–Trinajstić information content (AvgIpc) is 2.66. The molecule has 2 heterocycles. The summed E-state index contributed by atoms with van der Waals surface area (Å²) in [7, 11) is -3.10. The lowest BCUT2D eigenvalue weighted by Gasteiger charge is -2.16. The molecule has 0 radical (unpaired) electrons. The zero-order valence-electron chi connectivity index (χ0n) is 9.76. The standard InChI is InChI=1S/C10H16N2O4S2/c13-8(14)4-2-1-3-7-9-6(5-18(7,15)16)11-10(17)12-9/h6-7,9H,1-5H2,(H,13,14)(H2,11,12,17)/t6?,7-,9-/m0/s1. The Kier molecular flexibility index (Phi) is 3.76. The molecular weight excluding hydrogens is 276 g/mol. The van der Waals surface area contributed by atoms with Gasteiger partial charge in [-0.1, -0.05) is 6.42 Å². The first kappa shape index (κ1) is 13.5. The third kappa shape index (κ3) is 2.74. The number of unbranched alkanes of at least 4 members (excludes halogenated alkanes) is 1. The highest BCUT2D eigenvalue weighted by atomic mass is 32.2. The van der Waals surface area contributed by atoms with Gasteiger partial charge in [-0.05, 0) is 25.1 Å². The van der Waals surface area contributed by atoms with Gasteiger partial charge >= 0.3 is 5.97 Å². The molecule has 2 aliphatic rings. The maximum absolute atomic E-state index is 12.0. The van der Waals surface area contributed by atoms with Crippen LogP contribution in [0.1, 0.15) is 25.7 Å². The Bertz CT molecular complexity index is 462. The average molecular weight is 292 g/mol. The van der Waals surface area contributed by atoms with Crippen molar-refractivity contribution < 1.29 is 18.3 Å². The fourth-order valence-corrected chi connectivity index (χ4v) is 5.18. The number of carboxylic acid groups (broad SMARTS) is 1. The minimum atomic E-state index is -3.10. The maximum atomic E-state index is 12.0. The van der Waals surface area contributed by atoms with Crippen LogP contribution in [-0.4, -0.2) is 47.7 Å². The van der Waals surface area contributed by atoms with Gasteiger partial charge in [-0.15, -0.1) is 0 Å². The number of hydrogen-bond acceptors (Lipinski definition) is 4. The largest absolute Gasteiger partial charge is 0.481 e. The third-order valence-corrected chi connectivity index (χ3v) is 5.96. The van der Waals surface area contributed by atoms with Gasteiger partial charge in [-0.2, -0.15) is 0 Å². The molecule has 2 aliphatic heterocycles. The Morgan fingerprint density at radius 1 is 1.39 bits per heavy atom. The van der Waals surface area contributed by atoms with Crippen LogP contribution in [0.5, 0.6) is 0 Å². The Morgan fingerprint density at radius 2 is 2.11 bits per heavy atom. The summed E-state index contributed by atoms with van der Waals surface area (Å²) in [5, 5.41) is 14.5. The number of thiocarbonyl (C=S) groups is 1. The van der Waals surface area contributed by atoms with E-state index in [1.165, 1.54) is 0 Å². The summed E-state index contributed by atoms with van der Waals surface area (Å²) in [6.45, 7) is 0. The Hall–Kier alpha value is -0.890. The SMILES string of the molecule is O=C(O)CCCC[C@H]1[C@H]2NC(=S)NC2CS1(=O)=O. The lowest BCUT2D eigenvalue weighted by Crippen LogP contribution is -2.38. The zero-order chi connectivity index (χ0) is 13.3. The number of hydrogen-bond donors (Lipinski definition) is 3. The molecule has 2 rings (SSSR count). The fraction of sp³-hybridized carbons (Fsp3) is 0.800. The molecular formula is C10H16N2O4S2. The van der Waals surface area contributed by atoms with Crippen molar-refractivity contribution in [3.63, 3.8) is 0 Å². The summed E-state index contributed by atoms with van der Waals surface area (Å²) in [4.78, 5) is 10.4. The molecule has 0 saturated carbocycles. The quantitative estimate of drug-likeness (QED) is 0.470. The van der Waals surface area contributed by atoms with Crippen LogP contribution in [0.2, 0.25) is 0 Å². The summed E-state index contributed by atoms with van der Waals surface area (Å²) < 4.78 is 23.9. The molecule has 1 unspecified atom stereocenters. The van der Waals surface area contributed by atoms with Gasteiger partial charge in [0.05, 0.1) is 23.1 Å². The molecule has 0 aromatic heterocycles. The molecule has 0 aromatic carbocycles. The van der Waals surface area contributed by atoms with Gasteiger partial charge < -0.3 is 15.7 Å². The van der Waals surface area contributed by atoms with E-state index in [-0.39, 0.29) is 24.3 Å². The van der Waals surface area contributed by atoms with Crippen molar-refractivity contribution in [2.45, 2.75) is 43.0 Å². The molecule has 2 fully saturated rings. The van der Waals surface area contributed by atoms with E-state index in [9.17, 15) is 13.2 Å². The van der Waals surface area contributed by atoms with Crippen LogP contribution in [0.4, 0.5) is 0 Å². The topological polar surface area (TPSA) is 95.5 Å². The lowest BCUT2D eigenvalue weighted by molar-refractivity contribution is -0.137. The predicted molar refractivity (Wildman–Crippen MR) is 70.1 cm³/mol. The number of carbonyl (C=O) groups is 1. The molecule has 3 N–H and O–H groups in total. The van der Waals surface area contributed by atoms with Crippen LogP contribution in [0.15, 0.2) is 0 Å². The normalized spacial score (nSPS) is 32.7. The van der Waals surface area contributed by atoms with Crippen molar-refractivity contribution in [3.05, 3.63) is 0 Å². The number of carboxylic acids is 1. The Labute approximate surface area is 111 Å². The molecule has 8 heteroatoms. The second kappa shape index (κ2) is 5.00. The number of sulfone groups is 1. The van der Waals surface area contributed by atoms with Crippen LogP contribution in [-0.2, 0) is 14.6 Å². The summed E-state index contributed by atoms with van der Waals surface area (Å²) >= 11 is 4.98. The van der Waals surface area contributed by atoms with E-state index in [4.69, 9.17) is 17.3 Å². The number of rotatable bonds is 5. The van der Waals surface area contributed by atoms with Crippen molar-refractivity contribution in [1.29, 1.82) is 0 Å². The molecule has 0 amide bonds. The minimum Gasteiger partial charge on any atom is -0.481 e.